The van der Waals surface area contributed by atoms with Crippen LogP contribution in [-0.2, 0) is 9.53 Å². The van der Waals surface area contributed by atoms with Gasteiger partial charge in [-0.2, -0.15) is 0 Å². The molecule has 244 valence electrons. The van der Waals surface area contributed by atoms with Gasteiger partial charge in [-0.25, -0.2) is 14.2 Å². The van der Waals surface area contributed by atoms with Crippen molar-refractivity contribution in [2.75, 3.05) is 63.5 Å². The summed E-state index contributed by atoms with van der Waals surface area (Å²) in [6.07, 6.45) is 4.14. The number of aromatic nitrogens is 3. The fourth-order valence-corrected chi connectivity index (χ4v) is 5.39. The van der Waals surface area contributed by atoms with E-state index in [0.29, 0.717) is 53.8 Å². The van der Waals surface area contributed by atoms with Crippen molar-refractivity contribution in [1.29, 1.82) is 0 Å². The lowest BCUT2D eigenvalue weighted by atomic mass is 10.0. The summed E-state index contributed by atoms with van der Waals surface area (Å²) in [5, 5.41) is 15.4. The third kappa shape index (κ3) is 8.99. The molecule has 0 saturated carbocycles. The Bertz CT molecular complexity index is 1600. The van der Waals surface area contributed by atoms with Gasteiger partial charge in [-0.05, 0) is 70.1 Å². The van der Waals surface area contributed by atoms with E-state index in [1.807, 2.05) is 26.8 Å². The average molecular weight is 651 g/mol. The van der Waals surface area contributed by atoms with E-state index in [2.05, 4.69) is 42.7 Å². The Morgan fingerprint density at radius 2 is 1.83 bits per heavy atom. The lowest BCUT2D eigenvalue weighted by Crippen LogP contribution is -2.45. The van der Waals surface area contributed by atoms with Gasteiger partial charge >= 0.3 is 6.09 Å². The van der Waals surface area contributed by atoms with Crippen LogP contribution in [0.5, 0.6) is 0 Å². The quantitative estimate of drug-likeness (QED) is 0.318. The first-order valence-electron chi connectivity index (χ1n) is 15.4. The predicted octanol–water partition coefficient (Wildman–Crippen LogP) is 5.67. The monoisotopic (exact) mass is 650 g/mol. The van der Waals surface area contributed by atoms with Crippen LogP contribution in [0.3, 0.4) is 0 Å². The number of pyridine rings is 1. The van der Waals surface area contributed by atoms with Gasteiger partial charge in [-0.1, -0.05) is 17.7 Å². The van der Waals surface area contributed by atoms with Crippen LogP contribution in [0.25, 0.3) is 16.8 Å². The number of nitrogens with zero attached hydrogens (tertiary/aromatic N) is 6. The van der Waals surface area contributed by atoms with E-state index in [1.54, 1.807) is 29.3 Å². The number of carbonyl (C=O) groups is 2. The summed E-state index contributed by atoms with van der Waals surface area (Å²) in [5.74, 6) is -0.218. The van der Waals surface area contributed by atoms with E-state index in [9.17, 15) is 14.0 Å². The summed E-state index contributed by atoms with van der Waals surface area (Å²) < 4.78 is 20.4. The van der Waals surface area contributed by atoms with Crippen LogP contribution < -0.4 is 10.6 Å². The zero-order valence-electron chi connectivity index (χ0n) is 26.6. The van der Waals surface area contributed by atoms with Crippen molar-refractivity contribution in [3.8, 4) is 11.3 Å². The molecule has 1 fully saturated rings. The lowest BCUT2D eigenvalue weighted by molar-refractivity contribution is -0.116. The number of piperazine rings is 1. The van der Waals surface area contributed by atoms with Crippen molar-refractivity contribution in [3.05, 3.63) is 65.2 Å². The van der Waals surface area contributed by atoms with E-state index < -0.39 is 17.5 Å². The van der Waals surface area contributed by atoms with Crippen molar-refractivity contribution >= 4 is 46.4 Å². The van der Waals surface area contributed by atoms with Gasteiger partial charge in [0.2, 0.25) is 5.91 Å². The molecule has 4 heterocycles. The summed E-state index contributed by atoms with van der Waals surface area (Å²) in [6, 6.07) is 9.42. The second-order valence-corrected chi connectivity index (χ2v) is 13.0. The minimum atomic E-state index is -0.632. The summed E-state index contributed by atoms with van der Waals surface area (Å²) in [7, 11) is 2.10. The number of hydrogen-bond donors (Lipinski definition) is 2. The molecule has 0 unspecified atom stereocenters. The Hall–Kier alpha value is -4.13. The third-order valence-electron chi connectivity index (χ3n) is 7.66. The van der Waals surface area contributed by atoms with Gasteiger partial charge in [0, 0.05) is 74.2 Å². The number of nitrogens with one attached hydrogen (secondary N) is 2. The highest BCUT2D eigenvalue weighted by molar-refractivity contribution is 6.30. The standard InChI is InChI=1S/C33H40ClFN8O3/c1-33(2,3)46-32(45)43-12-5-6-22(21-43)31-28(20-27(39-40-31)25-18-23(34)7-8-26(25)35)37-24-9-11-36-29(19-24)38-30(44)10-13-42-16-14-41(4)15-17-42/h6-9,11,18-20H,5,10,12-17,21H2,1-4H3,(H2,36,37,38,39,44). The van der Waals surface area contributed by atoms with Gasteiger partial charge in [0.05, 0.1) is 17.9 Å². The van der Waals surface area contributed by atoms with Crippen LogP contribution in [-0.4, -0.2) is 100 Å². The molecule has 0 spiro atoms. The zero-order chi connectivity index (χ0) is 32.8. The molecule has 0 atom stereocenters. The summed E-state index contributed by atoms with van der Waals surface area (Å²) in [4.78, 5) is 36.1. The minimum absolute atomic E-state index is 0.122. The molecule has 2 amide bonds. The van der Waals surface area contributed by atoms with Crippen LogP contribution in [0, 0.1) is 5.82 Å². The SMILES string of the molecule is CN1CCN(CCC(=O)Nc2cc(Nc3cc(-c4cc(Cl)ccc4F)nnc3C3=CCCN(C(=O)OC(C)(C)C)C3)ccn2)CC1. The number of benzene rings is 1. The molecular weight excluding hydrogens is 611 g/mol. The smallest absolute Gasteiger partial charge is 0.410 e. The largest absolute Gasteiger partial charge is 0.444 e. The van der Waals surface area contributed by atoms with E-state index in [4.69, 9.17) is 16.3 Å². The van der Waals surface area contributed by atoms with Gasteiger partial charge in [-0.15, -0.1) is 10.2 Å². The topological polar surface area (TPSA) is 116 Å². The number of hydrogen-bond acceptors (Lipinski definition) is 9. The fraction of sp³-hybridized carbons (Fsp3) is 0.424. The van der Waals surface area contributed by atoms with Gasteiger partial charge in [0.25, 0.3) is 0 Å². The third-order valence-corrected chi connectivity index (χ3v) is 7.90. The summed E-state index contributed by atoms with van der Waals surface area (Å²) in [6.45, 7) is 10.8. The number of rotatable bonds is 8. The highest BCUT2D eigenvalue weighted by atomic mass is 35.5. The number of ether oxygens (including phenoxy) is 1. The van der Waals surface area contributed by atoms with Crippen LogP contribution in [0.15, 0.2) is 48.7 Å². The molecule has 11 nitrogen and oxygen atoms in total. The molecule has 2 aliphatic rings. The summed E-state index contributed by atoms with van der Waals surface area (Å²) in [5.41, 5.74) is 2.25. The molecule has 1 aromatic carbocycles. The lowest BCUT2D eigenvalue weighted by Gasteiger charge is -2.32. The Kier molecular flexibility index (Phi) is 10.5. The van der Waals surface area contributed by atoms with Gasteiger partial charge in [0.15, 0.2) is 0 Å². The molecule has 2 aliphatic heterocycles. The second-order valence-electron chi connectivity index (χ2n) is 12.5. The molecule has 3 aromatic rings. The Labute approximate surface area is 273 Å². The molecule has 13 heteroatoms. The maximum Gasteiger partial charge on any atom is 0.410 e. The van der Waals surface area contributed by atoms with Crippen molar-refractivity contribution in [2.45, 2.75) is 39.2 Å². The molecule has 1 saturated heterocycles. The number of likely N-dealkylation sites (N-methyl/N-ethyl adjacent to an activating group) is 1. The van der Waals surface area contributed by atoms with E-state index in [1.165, 1.54) is 18.2 Å². The Morgan fingerprint density at radius 1 is 1.04 bits per heavy atom. The van der Waals surface area contributed by atoms with Crippen molar-refractivity contribution in [3.63, 3.8) is 0 Å². The molecule has 0 aliphatic carbocycles. The summed E-state index contributed by atoms with van der Waals surface area (Å²) >= 11 is 6.18. The number of carbonyl (C=O) groups excluding carboxylic acids is 2. The molecule has 0 bridgehead atoms. The highest BCUT2D eigenvalue weighted by Gasteiger charge is 2.27. The minimum Gasteiger partial charge on any atom is -0.444 e. The van der Waals surface area contributed by atoms with E-state index in [0.717, 1.165) is 31.8 Å². The van der Waals surface area contributed by atoms with Crippen LogP contribution in [0.4, 0.5) is 26.4 Å². The highest BCUT2D eigenvalue weighted by Crippen LogP contribution is 2.33. The zero-order valence-corrected chi connectivity index (χ0v) is 27.4. The van der Waals surface area contributed by atoms with Crippen LogP contribution in [0.1, 0.15) is 39.3 Å². The van der Waals surface area contributed by atoms with Crippen molar-refractivity contribution in [1.82, 2.24) is 29.9 Å². The maximum absolute atomic E-state index is 14.8. The van der Waals surface area contributed by atoms with E-state index >= 15 is 0 Å². The molecular formula is C33H40ClFN8O3. The van der Waals surface area contributed by atoms with E-state index in [-0.39, 0.29) is 23.7 Å². The van der Waals surface area contributed by atoms with Gasteiger partial charge < -0.3 is 30.1 Å². The molecule has 0 radical (unpaired) electrons. The molecule has 46 heavy (non-hydrogen) atoms. The number of halogens is 2. The van der Waals surface area contributed by atoms with Crippen LogP contribution in [0.2, 0.25) is 5.02 Å². The molecule has 2 aromatic heterocycles. The normalized spacial score (nSPS) is 16.1. The number of anilines is 3. The molecule has 2 N–H and O–H groups in total. The Morgan fingerprint density at radius 3 is 2.59 bits per heavy atom. The predicted molar refractivity (Wildman–Crippen MR) is 178 cm³/mol. The average Bonchev–Trinajstić information content (AvgIpc) is 3.01. The second kappa shape index (κ2) is 14.5. The fourth-order valence-electron chi connectivity index (χ4n) is 5.22. The number of amides is 2. The van der Waals surface area contributed by atoms with Gasteiger partial charge in [0.1, 0.15) is 22.9 Å². The van der Waals surface area contributed by atoms with Gasteiger partial charge in [-0.3, -0.25) is 4.79 Å². The van der Waals surface area contributed by atoms with Crippen molar-refractivity contribution < 1.29 is 18.7 Å². The molecule has 5 rings (SSSR count). The van der Waals surface area contributed by atoms with Crippen LogP contribution >= 0.6 is 11.6 Å². The maximum atomic E-state index is 14.8. The Balaban J connectivity index is 1.37. The van der Waals surface area contributed by atoms with Crippen molar-refractivity contribution in [2.24, 2.45) is 0 Å². The first-order valence-corrected chi connectivity index (χ1v) is 15.8. The first-order chi connectivity index (χ1) is 21.9. The first kappa shape index (κ1) is 33.2.